The Bertz CT molecular complexity index is 157. The molecule has 4 nitrogen and oxygen atoms in total. The van der Waals surface area contributed by atoms with Crippen LogP contribution in [0.2, 0.25) is 0 Å². The van der Waals surface area contributed by atoms with E-state index >= 15 is 0 Å². The molecule has 0 heterocycles. The molecule has 4 heteroatoms. The molecule has 90 valence electrons. The number of carboxylic acid groups (broad SMARTS) is 1. The number of aliphatic carboxylic acids is 1. The molecule has 0 aromatic carbocycles. The largest absolute Gasteiger partial charge is 0.476 e. The molecule has 1 atom stereocenters. The minimum Gasteiger partial charge on any atom is -0.476 e. The highest BCUT2D eigenvalue weighted by Crippen LogP contribution is 2.15. The highest BCUT2D eigenvalue weighted by atomic mass is 16.4. The van der Waals surface area contributed by atoms with Crippen molar-refractivity contribution in [2.45, 2.75) is 46.0 Å². The third kappa shape index (κ3) is 15.8. The molecule has 0 aliphatic heterocycles. The first-order chi connectivity index (χ1) is 7.12. The molecule has 2 N–H and O–H groups in total. The van der Waals surface area contributed by atoms with Crippen LogP contribution in [0.4, 0.5) is 0 Å². The highest BCUT2D eigenvalue weighted by molar-refractivity contribution is 6.19. The number of carbonyl (C=O) groups is 2. The van der Waals surface area contributed by atoms with Gasteiger partial charge in [0.05, 0.1) is 0 Å². The molecule has 0 aromatic heterocycles. The summed E-state index contributed by atoms with van der Waals surface area (Å²) >= 11 is 0. The van der Waals surface area contributed by atoms with Gasteiger partial charge in [0.1, 0.15) is 0 Å². The lowest BCUT2D eigenvalue weighted by molar-refractivity contribution is -0.143. The van der Waals surface area contributed by atoms with Crippen LogP contribution in [0.3, 0.4) is 0 Å². The van der Waals surface area contributed by atoms with Crippen LogP contribution in [0.1, 0.15) is 46.0 Å². The second-order valence-corrected chi connectivity index (χ2v) is 3.38. The van der Waals surface area contributed by atoms with Crippen LogP contribution in [-0.2, 0) is 9.59 Å². The minimum atomic E-state index is -1.43. The van der Waals surface area contributed by atoms with Gasteiger partial charge in [-0.2, -0.15) is 0 Å². The molecule has 0 saturated heterocycles. The quantitative estimate of drug-likeness (QED) is 0.505. The summed E-state index contributed by atoms with van der Waals surface area (Å²) in [4.78, 5) is 17.9. The van der Waals surface area contributed by atoms with Crippen molar-refractivity contribution in [3.8, 4) is 0 Å². The summed E-state index contributed by atoms with van der Waals surface area (Å²) in [6, 6.07) is 0. The summed E-state index contributed by atoms with van der Waals surface area (Å²) in [6.07, 6.45) is 5.95. The lowest BCUT2D eigenvalue weighted by Crippen LogP contribution is -2.01. The van der Waals surface area contributed by atoms with Crippen LogP contribution in [0.5, 0.6) is 0 Å². The molecule has 1 unspecified atom stereocenters. The second-order valence-electron chi connectivity index (χ2n) is 3.38. The summed E-state index contributed by atoms with van der Waals surface area (Å²) in [6.45, 7) is 4.78. The second kappa shape index (κ2) is 13.1. The SMILES string of the molecule is CCCCC(CC)CCO.O=CC(=O)O. The zero-order valence-electron chi connectivity index (χ0n) is 9.61. The van der Waals surface area contributed by atoms with Crippen molar-refractivity contribution in [1.82, 2.24) is 0 Å². The molecular weight excluding hydrogens is 196 g/mol. The normalized spacial score (nSPS) is 11.1. The van der Waals surface area contributed by atoms with E-state index in [1.54, 1.807) is 0 Å². The van der Waals surface area contributed by atoms with E-state index in [4.69, 9.17) is 19.8 Å². The van der Waals surface area contributed by atoms with Crippen LogP contribution < -0.4 is 0 Å². The summed E-state index contributed by atoms with van der Waals surface area (Å²) in [5, 5.41) is 16.0. The van der Waals surface area contributed by atoms with Crippen molar-refractivity contribution in [2.24, 2.45) is 5.92 Å². The molecule has 0 fully saturated rings. The van der Waals surface area contributed by atoms with Crippen molar-refractivity contribution in [3.05, 3.63) is 0 Å². The fourth-order valence-corrected chi connectivity index (χ4v) is 1.23. The smallest absolute Gasteiger partial charge is 0.368 e. The van der Waals surface area contributed by atoms with Crippen molar-refractivity contribution in [1.29, 1.82) is 0 Å². The summed E-state index contributed by atoms with van der Waals surface area (Å²) in [5.74, 6) is -0.657. The van der Waals surface area contributed by atoms with Gasteiger partial charge in [0.15, 0.2) is 0 Å². The Labute approximate surface area is 91.3 Å². The first kappa shape index (κ1) is 16.5. The van der Waals surface area contributed by atoms with Crippen molar-refractivity contribution < 1.29 is 19.8 Å². The average molecular weight is 218 g/mol. The molecular formula is C11H22O4. The van der Waals surface area contributed by atoms with Crippen LogP contribution in [0, 0.1) is 5.92 Å². The number of unbranched alkanes of at least 4 members (excludes halogenated alkanes) is 1. The third-order valence-corrected chi connectivity index (χ3v) is 2.18. The monoisotopic (exact) mass is 218 g/mol. The Morgan fingerprint density at radius 2 is 1.87 bits per heavy atom. The maximum absolute atomic E-state index is 9.00. The van der Waals surface area contributed by atoms with E-state index in [2.05, 4.69) is 13.8 Å². The van der Waals surface area contributed by atoms with E-state index < -0.39 is 5.97 Å². The lowest BCUT2D eigenvalue weighted by Gasteiger charge is -2.11. The number of hydrogen-bond acceptors (Lipinski definition) is 3. The third-order valence-electron chi connectivity index (χ3n) is 2.18. The first-order valence-corrected chi connectivity index (χ1v) is 5.41. The van der Waals surface area contributed by atoms with Crippen molar-refractivity contribution >= 4 is 12.3 Å². The summed E-state index contributed by atoms with van der Waals surface area (Å²) in [5.41, 5.74) is 0. The molecule has 0 rings (SSSR count). The molecule has 0 radical (unpaired) electrons. The van der Waals surface area contributed by atoms with Crippen LogP contribution >= 0.6 is 0 Å². The number of carbonyl (C=O) groups excluding carboxylic acids is 1. The topological polar surface area (TPSA) is 74.6 Å². The summed E-state index contributed by atoms with van der Waals surface area (Å²) in [7, 11) is 0. The number of aldehydes is 1. The average Bonchev–Trinajstić information content (AvgIpc) is 2.25. The van der Waals surface area contributed by atoms with Gasteiger partial charge < -0.3 is 10.2 Å². The first-order valence-electron chi connectivity index (χ1n) is 5.41. The molecule has 0 bridgehead atoms. The van der Waals surface area contributed by atoms with E-state index in [0.29, 0.717) is 6.61 Å². The minimum absolute atomic E-state index is 0.167. The van der Waals surface area contributed by atoms with Crippen LogP contribution in [0.15, 0.2) is 0 Å². The molecule has 0 aliphatic rings. The van der Waals surface area contributed by atoms with Gasteiger partial charge in [0.25, 0.3) is 0 Å². The number of carboxylic acids is 1. The molecule has 0 aromatic rings. The maximum Gasteiger partial charge on any atom is 0.368 e. The fraction of sp³-hybridized carbons (Fsp3) is 0.818. The number of rotatable bonds is 7. The van der Waals surface area contributed by atoms with Crippen molar-refractivity contribution in [2.75, 3.05) is 6.61 Å². The predicted octanol–water partition coefficient (Wildman–Crippen LogP) is 1.86. The molecule has 15 heavy (non-hydrogen) atoms. The summed E-state index contributed by atoms with van der Waals surface area (Å²) < 4.78 is 0. The van der Waals surface area contributed by atoms with Gasteiger partial charge in [-0.05, 0) is 12.3 Å². The number of hydrogen-bond donors (Lipinski definition) is 2. The van der Waals surface area contributed by atoms with Crippen molar-refractivity contribution in [3.63, 3.8) is 0 Å². The highest BCUT2D eigenvalue weighted by Gasteiger charge is 2.03. The predicted molar refractivity (Wildman–Crippen MR) is 58.7 cm³/mol. The fourth-order valence-electron chi connectivity index (χ4n) is 1.23. The van der Waals surface area contributed by atoms with Gasteiger partial charge in [-0.3, -0.25) is 4.79 Å². The Kier molecular flexibility index (Phi) is 14.4. The Morgan fingerprint density at radius 3 is 2.13 bits per heavy atom. The molecule has 0 saturated carbocycles. The van der Waals surface area contributed by atoms with Crippen LogP contribution in [0.25, 0.3) is 0 Å². The number of aliphatic hydroxyl groups excluding tert-OH is 1. The zero-order valence-corrected chi connectivity index (χ0v) is 9.61. The van der Waals surface area contributed by atoms with Gasteiger partial charge in [-0.15, -0.1) is 0 Å². The number of aliphatic hydroxyl groups is 1. The van der Waals surface area contributed by atoms with E-state index in [9.17, 15) is 0 Å². The van der Waals surface area contributed by atoms with E-state index in [1.807, 2.05) is 0 Å². The Hall–Kier alpha value is -0.900. The zero-order chi connectivity index (χ0) is 12.1. The standard InChI is InChI=1S/C9H20O.C2H2O3/c1-3-5-6-9(4-2)7-8-10;3-1-2(4)5/h9-10H,3-8H2,1-2H3;1H,(H,4,5). The van der Waals surface area contributed by atoms with E-state index in [-0.39, 0.29) is 6.29 Å². The Morgan fingerprint density at radius 1 is 1.33 bits per heavy atom. The van der Waals surface area contributed by atoms with Gasteiger partial charge in [-0.1, -0.05) is 39.5 Å². The Balaban J connectivity index is 0. The molecule has 0 spiro atoms. The maximum atomic E-state index is 9.00. The van der Waals surface area contributed by atoms with Gasteiger partial charge in [-0.25, -0.2) is 4.79 Å². The molecule has 0 aliphatic carbocycles. The van der Waals surface area contributed by atoms with Gasteiger partial charge in [0, 0.05) is 6.61 Å². The lowest BCUT2D eigenvalue weighted by atomic mass is 9.96. The van der Waals surface area contributed by atoms with Gasteiger partial charge in [0.2, 0.25) is 6.29 Å². The van der Waals surface area contributed by atoms with E-state index in [0.717, 1.165) is 12.3 Å². The molecule has 0 amide bonds. The van der Waals surface area contributed by atoms with E-state index in [1.165, 1.54) is 25.7 Å². The van der Waals surface area contributed by atoms with Gasteiger partial charge >= 0.3 is 5.97 Å². The van der Waals surface area contributed by atoms with Crippen LogP contribution in [-0.4, -0.2) is 29.1 Å².